The summed E-state index contributed by atoms with van der Waals surface area (Å²) in [4.78, 5) is 37.2. The van der Waals surface area contributed by atoms with Crippen molar-refractivity contribution in [3.05, 3.63) is 36.0 Å². The minimum atomic E-state index is -0.988. The number of amides is 2. The van der Waals surface area contributed by atoms with Gasteiger partial charge in [-0.25, -0.2) is 0 Å². The minimum absolute atomic E-state index is 0.0259. The molecule has 1 heterocycles. The van der Waals surface area contributed by atoms with Crippen molar-refractivity contribution in [1.29, 1.82) is 0 Å². The summed E-state index contributed by atoms with van der Waals surface area (Å²) in [6.45, 7) is 1.37. The Hall–Kier alpha value is -2.83. The van der Waals surface area contributed by atoms with E-state index in [1.165, 1.54) is 6.92 Å². The summed E-state index contributed by atoms with van der Waals surface area (Å²) in [6.07, 6.45) is 1.97. The summed E-state index contributed by atoms with van der Waals surface area (Å²) in [5, 5.41) is 14.7. The van der Waals surface area contributed by atoms with Crippen molar-refractivity contribution in [2.75, 3.05) is 6.54 Å². The zero-order chi connectivity index (χ0) is 16.8. The van der Waals surface area contributed by atoms with Crippen molar-refractivity contribution >= 4 is 28.7 Å². The van der Waals surface area contributed by atoms with Crippen LogP contribution in [-0.2, 0) is 20.8 Å². The van der Waals surface area contributed by atoms with Crippen LogP contribution in [0.25, 0.3) is 10.9 Å². The Labute approximate surface area is 133 Å². The first kappa shape index (κ1) is 16.5. The molecule has 1 atom stereocenters. The SMILES string of the molecule is CC(=O)N[C@@H](Cc1c[nH]c2ccccc12)C(=O)NCCC(=O)O. The zero-order valence-corrected chi connectivity index (χ0v) is 12.8. The van der Waals surface area contributed by atoms with Gasteiger partial charge in [0.15, 0.2) is 0 Å². The first-order valence-electron chi connectivity index (χ1n) is 7.29. The van der Waals surface area contributed by atoms with Gasteiger partial charge in [0.2, 0.25) is 11.8 Å². The second-order valence-electron chi connectivity index (χ2n) is 5.25. The maximum absolute atomic E-state index is 12.2. The van der Waals surface area contributed by atoms with E-state index >= 15 is 0 Å². The molecule has 2 amide bonds. The van der Waals surface area contributed by atoms with Crippen LogP contribution in [0.1, 0.15) is 18.9 Å². The molecule has 0 spiro atoms. The molecule has 0 saturated heterocycles. The van der Waals surface area contributed by atoms with Gasteiger partial charge in [0.1, 0.15) is 6.04 Å². The number of para-hydroxylation sites is 1. The Kier molecular flexibility index (Phi) is 5.35. The molecule has 1 aromatic carbocycles. The number of carbonyl (C=O) groups excluding carboxylic acids is 2. The van der Waals surface area contributed by atoms with E-state index in [0.717, 1.165) is 16.5 Å². The molecule has 2 aromatic rings. The molecule has 2 rings (SSSR count). The number of benzene rings is 1. The highest BCUT2D eigenvalue weighted by Crippen LogP contribution is 2.19. The lowest BCUT2D eigenvalue weighted by Gasteiger charge is -2.17. The zero-order valence-electron chi connectivity index (χ0n) is 12.8. The molecule has 7 heteroatoms. The molecule has 23 heavy (non-hydrogen) atoms. The van der Waals surface area contributed by atoms with Gasteiger partial charge in [-0.1, -0.05) is 18.2 Å². The average Bonchev–Trinajstić information content (AvgIpc) is 2.89. The topological polar surface area (TPSA) is 111 Å². The quantitative estimate of drug-likeness (QED) is 0.605. The molecule has 0 bridgehead atoms. The van der Waals surface area contributed by atoms with E-state index in [-0.39, 0.29) is 18.9 Å². The van der Waals surface area contributed by atoms with Gasteiger partial charge >= 0.3 is 5.97 Å². The maximum atomic E-state index is 12.2. The molecular formula is C16H19N3O4. The summed E-state index contributed by atoms with van der Waals surface area (Å²) in [6, 6.07) is 6.93. The van der Waals surface area contributed by atoms with E-state index in [9.17, 15) is 14.4 Å². The molecule has 0 saturated carbocycles. The number of nitrogens with one attached hydrogen (secondary N) is 3. The highest BCUT2D eigenvalue weighted by atomic mass is 16.4. The minimum Gasteiger partial charge on any atom is -0.481 e. The van der Waals surface area contributed by atoms with Crippen LogP contribution >= 0.6 is 0 Å². The van der Waals surface area contributed by atoms with Crippen molar-refractivity contribution < 1.29 is 19.5 Å². The molecule has 7 nitrogen and oxygen atoms in total. The third-order valence-electron chi connectivity index (χ3n) is 3.43. The molecular weight excluding hydrogens is 298 g/mol. The van der Waals surface area contributed by atoms with Crippen LogP contribution in [0.15, 0.2) is 30.5 Å². The fraction of sp³-hybridized carbons (Fsp3) is 0.312. The molecule has 0 aliphatic rings. The van der Waals surface area contributed by atoms with Gasteiger partial charge in [0, 0.05) is 37.0 Å². The molecule has 0 aliphatic heterocycles. The van der Waals surface area contributed by atoms with Crippen LogP contribution in [0.4, 0.5) is 0 Å². The molecule has 4 N–H and O–H groups in total. The van der Waals surface area contributed by atoms with Crippen molar-refractivity contribution in [2.45, 2.75) is 25.8 Å². The summed E-state index contributed by atoms with van der Waals surface area (Å²) >= 11 is 0. The van der Waals surface area contributed by atoms with Gasteiger partial charge in [-0.3, -0.25) is 14.4 Å². The largest absolute Gasteiger partial charge is 0.481 e. The van der Waals surface area contributed by atoms with Crippen molar-refractivity contribution in [3.8, 4) is 0 Å². The van der Waals surface area contributed by atoms with Gasteiger partial charge < -0.3 is 20.7 Å². The number of aliphatic carboxylic acids is 1. The third kappa shape index (κ3) is 4.57. The Morgan fingerprint density at radius 1 is 1.26 bits per heavy atom. The fourth-order valence-electron chi connectivity index (χ4n) is 2.39. The first-order chi connectivity index (χ1) is 11.0. The Morgan fingerprint density at radius 3 is 2.70 bits per heavy atom. The van der Waals surface area contributed by atoms with Crippen LogP contribution < -0.4 is 10.6 Å². The highest BCUT2D eigenvalue weighted by molar-refractivity contribution is 5.89. The average molecular weight is 317 g/mol. The van der Waals surface area contributed by atoms with Crippen molar-refractivity contribution in [2.24, 2.45) is 0 Å². The third-order valence-corrected chi connectivity index (χ3v) is 3.43. The van der Waals surface area contributed by atoms with E-state index in [0.29, 0.717) is 6.42 Å². The fourth-order valence-corrected chi connectivity index (χ4v) is 2.39. The summed E-state index contributed by atoms with van der Waals surface area (Å²) < 4.78 is 0. The van der Waals surface area contributed by atoms with Gasteiger partial charge in [0.25, 0.3) is 0 Å². The van der Waals surface area contributed by atoms with Gasteiger partial charge in [-0.05, 0) is 11.6 Å². The van der Waals surface area contributed by atoms with Gasteiger partial charge in [0.05, 0.1) is 6.42 Å². The van der Waals surface area contributed by atoms with E-state index in [1.54, 1.807) is 0 Å². The molecule has 0 aliphatic carbocycles. The Balaban J connectivity index is 2.10. The predicted octanol–water partition coefficient (Wildman–Crippen LogP) is 0.806. The number of rotatable bonds is 7. The Morgan fingerprint density at radius 2 is 2.00 bits per heavy atom. The highest BCUT2D eigenvalue weighted by Gasteiger charge is 2.21. The number of aromatic amines is 1. The lowest BCUT2D eigenvalue weighted by Crippen LogP contribution is -2.47. The molecule has 1 aromatic heterocycles. The Bertz CT molecular complexity index is 723. The normalized spacial score (nSPS) is 11.9. The number of carbonyl (C=O) groups is 3. The van der Waals surface area contributed by atoms with E-state index in [1.807, 2.05) is 30.5 Å². The second kappa shape index (κ2) is 7.44. The van der Waals surface area contributed by atoms with Crippen molar-refractivity contribution in [1.82, 2.24) is 15.6 Å². The summed E-state index contributed by atoms with van der Waals surface area (Å²) in [5.74, 6) is -1.70. The molecule has 0 fully saturated rings. The number of aromatic nitrogens is 1. The molecule has 122 valence electrons. The van der Waals surface area contributed by atoms with Crippen molar-refractivity contribution in [3.63, 3.8) is 0 Å². The van der Waals surface area contributed by atoms with Gasteiger partial charge in [-0.15, -0.1) is 0 Å². The van der Waals surface area contributed by atoms with Gasteiger partial charge in [-0.2, -0.15) is 0 Å². The molecule has 0 radical (unpaired) electrons. The summed E-state index contributed by atoms with van der Waals surface area (Å²) in [7, 11) is 0. The van der Waals surface area contributed by atoms with E-state index in [4.69, 9.17) is 5.11 Å². The summed E-state index contributed by atoms with van der Waals surface area (Å²) in [5.41, 5.74) is 1.86. The lowest BCUT2D eigenvalue weighted by molar-refractivity contribution is -0.137. The number of fused-ring (bicyclic) bond motifs is 1. The smallest absolute Gasteiger partial charge is 0.305 e. The lowest BCUT2D eigenvalue weighted by atomic mass is 10.0. The number of hydrogen-bond donors (Lipinski definition) is 4. The molecule has 0 unspecified atom stereocenters. The predicted molar refractivity (Wildman–Crippen MR) is 84.9 cm³/mol. The van der Waals surface area contributed by atoms with Crippen LogP contribution in [0.3, 0.4) is 0 Å². The maximum Gasteiger partial charge on any atom is 0.305 e. The van der Waals surface area contributed by atoms with E-state index < -0.39 is 17.9 Å². The van der Waals surface area contributed by atoms with Crippen LogP contribution in [0, 0.1) is 0 Å². The van der Waals surface area contributed by atoms with Crippen LogP contribution in [0.2, 0.25) is 0 Å². The first-order valence-corrected chi connectivity index (χ1v) is 7.29. The number of H-pyrrole nitrogens is 1. The standard InChI is InChI=1S/C16H19N3O4/c1-10(20)19-14(16(23)17-7-6-15(21)22)8-11-9-18-13-5-3-2-4-12(11)13/h2-5,9,14,18H,6-8H2,1H3,(H,17,23)(H,19,20)(H,21,22)/t14-/m0/s1. The monoisotopic (exact) mass is 317 g/mol. The number of carboxylic acid groups (broad SMARTS) is 1. The van der Waals surface area contributed by atoms with Crippen LogP contribution in [0.5, 0.6) is 0 Å². The number of hydrogen-bond acceptors (Lipinski definition) is 3. The van der Waals surface area contributed by atoms with E-state index in [2.05, 4.69) is 15.6 Å². The van der Waals surface area contributed by atoms with Crippen LogP contribution in [-0.4, -0.2) is 40.5 Å². The number of carboxylic acids is 1. The second-order valence-corrected chi connectivity index (χ2v) is 5.25.